The number of carbonyl (C=O) groups is 3. The average Bonchev–Trinajstić information content (AvgIpc) is 2.84. The summed E-state index contributed by atoms with van der Waals surface area (Å²) in [4.78, 5) is 35.9. The zero-order valence-corrected chi connectivity index (χ0v) is 20.4. The number of esters is 1. The first-order valence-electron chi connectivity index (χ1n) is 10.7. The summed E-state index contributed by atoms with van der Waals surface area (Å²) in [7, 11) is 0. The van der Waals surface area contributed by atoms with Crippen molar-refractivity contribution in [3.05, 3.63) is 82.3 Å². The molecule has 2 N–H and O–H groups in total. The molecule has 7 nitrogen and oxygen atoms in total. The van der Waals surface area contributed by atoms with Crippen LogP contribution in [0.3, 0.4) is 0 Å². The fourth-order valence-electron chi connectivity index (χ4n) is 2.97. The third kappa shape index (κ3) is 8.69. The van der Waals surface area contributed by atoms with E-state index < -0.39 is 41.8 Å². The molecule has 194 valence electrons. The molecule has 0 aromatic heterocycles. The van der Waals surface area contributed by atoms with Gasteiger partial charge >= 0.3 is 12.1 Å². The number of carbonyl (C=O) groups excluding carboxylic acids is 3. The van der Waals surface area contributed by atoms with Crippen molar-refractivity contribution in [2.75, 3.05) is 17.2 Å². The molecule has 0 saturated carbocycles. The zero-order chi connectivity index (χ0) is 27.0. The van der Waals surface area contributed by atoms with E-state index in [2.05, 4.69) is 10.6 Å². The van der Waals surface area contributed by atoms with Crippen molar-refractivity contribution in [3.8, 4) is 11.5 Å². The van der Waals surface area contributed by atoms with Crippen LogP contribution in [-0.2, 0) is 25.3 Å². The van der Waals surface area contributed by atoms with E-state index in [4.69, 9.17) is 32.7 Å². The Morgan fingerprint density at radius 3 is 2.22 bits per heavy atom. The van der Waals surface area contributed by atoms with Crippen LogP contribution in [0, 0.1) is 0 Å². The molecule has 0 saturated heterocycles. The summed E-state index contributed by atoms with van der Waals surface area (Å²) in [5.74, 6) is -1.44. The molecule has 2 amide bonds. The van der Waals surface area contributed by atoms with Crippen molar-refractivity contribution in [1.29, 1.82) is 0 Å². The van der Waals surface area contributed by atoms with Gasteiger partial charge in [0.2, 0.25) is 5.91 Å². The lowest BCUT2D eigenvalue weighted by Crippen LogP contribution is -2.23. The summed E-state index contributed by atoms with van der Waals surface area (Å²) >= 11 is 11.9. The van der Waals surface area contributed by atoms with Gasteiger partial charge in [0.15, 0.2) is 6.61 Å². The van der Waals surface area contributed by atoms with Crippen LogP contribution in [0.25, 0.3) is 0 Å². The van der Waals surface area contributed by atoms with Gasteiger partial charge in [-0.15, -0.1) is 0 Å². The van der Waals surface area contributed by atoms with Gasteiger partial charge in [0.05, 0.1) is 22.7 Å². The Morgan fingerprint density at radius 1 is 0.838 bits per heavy atom. The minimum Gasteiger partial charge on any atom is -0.456 e. The highest BCUT2D eigenvalue weighted by Gasteiger charge is 2.33. The molecule has 0 aliphatic heterocycles. The van der Waals surface area contributed by atoms with Gasteiger partial charge in [-0.3, -0.25) is 14.4 Å². The van der Waals surface area contributed by atoms with Gasteiger partial charge in [0, 0.05) is 17.1 Å². The minimum absolute atomic E-state index is 0.240. The summed E-state index contributed by atoms with van der Waals surface area (Å²) in [5, 5.41) is 5.45. The molecule has 0 aliphatic rings. The van der Waals surface area contributed by atoms with Gasteiger partial charge in [0.1, 0.15) is 11.5 Å². The van der Waals surface area contributed by atoms with Gasteiger partial charge in [-0.1, -0.05) is 35.3 Å². The maximum Gasteiger partial charge on any atom is 0.418 e. The maximum absolute atomic E-state index is 13.0. The number of halogens is 5. The molecule has 0 heterocycles. The standard InChI is InChI=1S/C25H19Cl2F3N2O5/c26-15-5-10-21(19(27)13-15)37-17-8-6-16(7-9-17)31-22(33)11-12-24(35)36-14-23(34)32-20-4-2-1-3-18(20)25(28,29)30/h1-10,13H,11-12,14H2,(H,31,33)(H,32,34). The SMILES string of the molecule is O=C(CCC(=O)OCC(=O)Nc1ccccc1C(F)(F)F)Nc1ccc(Oc2ccc(Cl)cc2Cl)cc1. The molecular weight excluding hydrogens is 536 g/mol. The molecule has 3 aromatic rings. The number of anilines is 2. The predicted molar refractivity (Wildman–Crippen MR) is 132 cm³/mol. The van der Waals surface area contributed by atoms with E-state index >= 15 is 0 Å². The van der Waals surface area contributed by atoms with Crippen molar-refractivity contribution in [2.45, 2.75) is 19.0 Å². The second-order valence-electron chi connectivity index (χ2n) is 7.50. The van der Waals surface area contributed by atoms with Crippen LogP contribution in [0.15, 0.2) is 66.7 Å². The molecule has 3 aromatic carbocycles. The van der Waals surface area contributed by atoms with Crippen molar-refractivity contribution >= 4 is 52.4 Å². The van der Waals surface area contributed by atoms with Crippen molar-refractivity contribution in [3.63, 3.8) is 0 Å². The second-order valence-corrected chi connectivity index (χ2v) is 8.35. The maximum atomic E-state index is 13.0. The number of benzene rings is 3. The topological polar surface area (TPSA) is 93.7 Å². The number of alkyl halides is 3. The van der Waals surface area contributed by atoms with E-state index in [1.165, 1.54) is 18.2 Å². The van der Waals surface area contributed by atoms with E-state index in [1.807, 2.05) is 0 Å². The molecular formula is C25H19Cl2F3N2O5. The molecule has 37 heavy (non-hydrogen) atoms. The highest BCUT2D eigenvalue weighted by atomic mass is 35.5. The lowest BCUT2D eigenvalue weighted by molar-refractivity contribution is -0.148. The largest absolute Gasteiger partial charge is 0.456 e. The lowest BCUT2D eigenvalue weighted by Gasteiger charge is -2.13. The summed E-state index contributed by atoms with van der Waals surface area (Å²) in [6, 6.07) is 15.6. The summed E-state index contributed by atoms with van der Waals surface area (Å²) < 4.78 is 49.4. The monoisotopic (exact) mass is 554 g/mol. The van der Waals surface area contributed by atoms with E-state index in [0.717, 1.165) is 12.1 Å². The number of hydrogen-bond donors (Lipinski definition) is 2. The van der Waals surface area contributed by atoms with Crippen LogP contribution < -0.4 is 15.4 Å². The fourth-order valence-corrected chi connectivity index (χ4v) is 3.42. The first-order valence-corrected chi connectivity index (χ1v) is 11.4. The van der Waals surface area contributed by atoms with Crippen molar-refractivity contribution in [1.82, 2.24) is 0 Å². The number of rotatable bonds is 9. The number of amides is 2. The van der Waals surface area contributed by atoms with Gasteiger partial charge < -0.3 is 20.1 Å². The number of hydrogen-bond acceptors (Lipinski definition) is 5. The second kappa shape index (κ2) is 12.5. The van der Waals surface area contributed by atoms with E-state index in [0.29, 0.717) is 27.2 Å². The average molecular weight is 555 g/mol. The quantitative estimate of drug-likeness (QED) is 0.287. The van der Waals surface area contributed by atoms with Crippen LogP contribution in [-0.4, -0.2) is 24.4 Å². The molecule has 0 bridgehead atoms. The van der Waals surface area contributed by atoms with Gasteiger partial charge in [-0.05, 0) is 54.6 Å². The Balaban J connectivity index is 1.41. The number of ether oxygens (including phenoxy) is 2. The normalized spacial score (nSPS) is 10.9. The lowest BCUT2D eigenvalue weighted by atomic mass is 10.1. The van der Waals surface area contributed by atoms with Gasteiger partial charge in [-0.2, -0.15) is 13.2 Å². The Kier molecular flexibility index (Phi) is 9.37. The van der Waals surface area contributed by atoms with Crippen LogP contribution in [0.2, 0.25) is 10.0 Å². The fraction of sp³-hybridized carbons (Fsp3) is 0.160. The predicted octanol–water partition coefficient (Wildman–Crippen LogP) is 6.71. The number of para-hydroxylation sites is 1. The van der Waals surface area contributed by atoms with E-state index in [1.54, 1.807) is 36.4 Å². The van der Waals surface area contributed by atoms with Crippen molar-refractivity contribution in [2.24, 2.45) is 0 Å². The minimum atomic E-state index is -4.66. The Hall–Kier alpha value is -3.76. The first kappa shape index (κ1) is 27.8. The highest BCUT2D eigenvalue weighted by Crippen LogP contribution is 2.34. The van der Waals surface area contributed by atoms with Crippen LogP contribution >= 0.6 is 23.2 Å². The Morgan fingerprint density at radius 2 is 1.54 bits per heavy atom. The molecule has 0 atom stereocenters. The summed E-state index contributed by atoms with van der Waals surface area (Å²) in [6.45, 7) is -0.800. The number of nitrogens with one attached hydrogen (secondary N) is 2. The highest BCUT2D eigenvalue weighted by molar-refractivity contribution is 6.35. The van der Waals surface area contributed by atoms with E-state index in [-0.39, 0.29) is 12.8 Å². The molecule has 3 rings (SSSR count). The molecule has 12 heteroatoms. The smallest absolute Gasteiger partial charge is 0.418 e. The molecule has 0 unspecified atom stereocenters. The van der Waals surface area contributed by atoms with Crippen LogP contribution in [0.4, 0.5) is 24.5 Å². The van der Waals surface area contributed by atoms with Gasteiger partial charge in [0.25, 0.3) is 5.91 Å². The van der Waals surface area contributed by atoms with Crippen molar-refractivity contribution < 1.29 is 37.0 Å². The first-order chi connectivity index (χ1) is 17.5. The molecule has 0 fully saturated rings. The summed E-state index contributed by atoms with van der Waals surface area (Å²) in [6.07, 6.45) is -5.24. The van der Waals surface area contributed by atoms with Crippen LogP contribution in [0.1, 0.15) is 18.4 Å². The third-order valence-corrected chi connectivity index (χ3v) is 5.22. The third-order valence-electron chi connectivity index (χ3n) is 4.69. The van der Waals surface area contributed by atoms with Crippen LogP contribution in [0.5, 0.6) is 11.5 Å². The molecule has 0 radical (unpaired) electrons. The van der Waals surface area contributed by atoms with E-state index in [9.17, 15) is 27.6 Å². The Labute approximate surface area is 219 Å². The Bertz CT molecular complexity index is 1280. The summed E-state index contributed by atoms with van der Waals surface area (Å²) in [5.41, 5.74) is -1.04. The molecule has 0 aliphatic carbocycles. The zero-order valence-electron chi connectivity index (χ0n) is 18.9. The van der Waals surface area contributed by atoms with Gasteiger partial charge in [-0.25, -0.2) is 0 Å². The molecule has 0 spiro atoms.